The summed E-state index contributed by atoms with van der Waals surface area (Å²) in [7, 11) is 0. The van der Waals surface area contributed by atoms with Gasteiger partial charge in [0.1, 0.15) is 6.10 Å². The number of esters is 1. The first-order chi connectivity index (χ1) is 10.7. The lowest BCUT2D eigenvalue weighted by Gasteiger charge is -2.61. The van der Waals surface area contributed by atoms with Crippen LogP contribution in [-0.2, 0) is 9.53 Å². The summed E-state index contributed by atoms with van der Waals surface area (Å²) in [4.78, 5) is 12.1. The Hall–Kier alpha value is -0.0900. The molecule has 3 saturated carbocycles. The SMILES string of the molecule is C[C@]12CCC(=O)O[C@H]1[C@H](Br)C[C@@H]1[C@@H]2CC[C@@]2(C)[C@H]1CC[C@]2(C)O. The van der Waals surface area contributed by atoms with E-state index >= 15 is 0 Å². The highest BCUT2D eigenvalue weighted by Gasteiger charge is 2.65. The lowest BCUT2D eigenvalue weighted by atomic mass is 9.47. The van der Waals surface area contributed by atoms with Crippen LogP contribution < -0.4 is 0 Å². The Morgan fingerprint density at radius 2 is 1.83 bits per heavy atom. The van der Waals surface area contributed by atoms with Crippen LogP contribution in [0, 0.1) is 28.6 Å². The van der Waals surface area contributed by atoms with Crippen molar-refractivity contribution in [2.75, 3.05) is 0 Å². The average Bonchev–Trinajstić information content (AvgIpc) is 2.72. The third-order valence-electron chi connectivity index (χ3n) is 8.45. The van der Waals surface area contributed by atoms with Crippen LogP contribution in [0.2, 0.25) is 0 Å². The van der Waals surface area contributed by atoms with E-state index in [-0.39, 0.29) is 27.7 Å². The van der Waals surface area contributed by atoms with Crippen LogP contribution in [0.5, 0.6) is 0 Å². The molecule has 0 radical (unpaired) electrons. The van der Waals surface area contributed by atoms with Gasteiger partial charge < -0.3 is 9.84 Å². The van der Waals surface area contributed by atoms with Gasteiger partial charge in [0, 0.05) is 11.8 Å². The highest BCUT2D eigenvalue weighted by Crippen LogP contribution is 2.67. The summed E-state index contributed by atoms with van der Waals surface area (Å²) in [5, 5.41) is 11.0. The Kier molecular flexibility index (Phi) is 3.54. The summed E-state index contributed by atoms with van der Waals surface area (Å²) in [5.74, 6) is 1.85. The molecule has 0 bridgehead atoms. The molecule has 1 N–H and O–H groups in total. The molecule has 0 aromatic carbocycles. The molecule has 3 aliphatic carbocycles. The Balaban J connectivity index is 1.69. The van der Waals surface area contributed by atoms with Crippen LogP contribution in [-0.4, -0.2) is 27.6 Å². The van der Waals surface area contributed by atoms with Crippen molar-refractivity contribution in [1.29, 1.82) is 0 Å². The summed E-state index contributed by atoms with van der Waals surface area (Å²) in [6, 6.07) is 0. The van der Waals surface area contributed by atoms with E-state index in [0.29, 0.717) is 24.2 Å². The van der Waals surface area contributed by atoms with Crippen molar-refractivity contribution in [3.8, 4) is 0 Å². The fourth-order valence-corrected chi connectivity index (χ4v) is 7.94. The van der Waals surface area contributed by atoms with Crippen LogP contribution in [0.25, 0.3) is 0 Å². The van der Waals surface area contributed by atoms with E-state index in [9.17, 15) is 9.90 Å². The number of hydrogen-bond acceptors (Lipinski definition) is 3. The van der Waals surface area contributed by atoms with Gasteiger partial charge in [-0.05, 0) is 68.6 Å². The molecule has 0 amide bonds. The van der Waals surface area contributed by atoms with Crippen molar-refractivity contribution in [2.24, 2.45) is 28.6 Å². The van der Waals surface area contributed by atoms with Crippen molar-refractivity contribution in [1.82, 2.24) is 0 Å². The number of hydrogen-bond donors (Lipinski definition) is 1. The lowest BCUT2D eigenvalue weighted by molar-refractivity contribution is -0.194. The quantitative estimate of drug-likeness (QED) is 0.505. The van der Waals surface area contributed by atoms with Crippen LogP contribution >= 0.6 is 15.9 Å². The molecule has 3 nitrogen and oxygen atoms in total. The van der Waals surface area contributed by atoms with E-state index in [4.69, 9.17) is 4.74 Å². The van der Waals surface area contributed by atoms with Crippen molar-refractivity contribution in [2.45, 2.75) is 82.2 Å². The summed E-state index contributed by atoms with van der Waals surface area (Å²) >= 11 is 3.86. The van der Waals surface area contributed by atoms with E-state index in [0.717, 1.165) is 38.5 Å². The van der Waals surface area contributed by atoms with E-state index in [2.05, 4.69) is 36.7 Å². The number of carbonyl (C=O) groups is 1. The average molecular weight is 385 g/mol. The van der Waals surface area contributed by atoms with Gasteiger partial charge in [0.15, 0.2) is 0 Å². The number of fused-ring (bicyclic) bond motifs is 5. The van der Waals surface area contributed by atoms with E-state index in [1.165, 1.54) is 0 Å². The number of aliphatic hydroxyl groups is 1. The van der Waals surface area contributed by atoms with Crippen molar-refractivity contribution in [3.63, 3.8) is 0 Å². The number of ether oxygens (including phenoxy) is 1. The van der Waals surface area contributed by atoms with Gasteiger partial charge in [-0.15, -0.1) is 0 Å². The predicted octanol–water partition coefficient (Wildman–Crippen LogP) is 4.06. The van der Waals surface area contributed by atoms with Crippen LogP contribution in [0.4, 0.5) is 0 Å². The molecule has 4 aliphatic rings. The highest BCUT2D eigenvalue weighted by atomic mass is 79.9. The van der Waals surface area contributed by atoms with Gasteiger partial charge in [-0.25, -0.2) is 0 Å². The van der Waals surface area contributed by atoms with Crippen molar-refractivity contribution >= 4 is 21.9 Å². The fraction of sp³-hybridized carbons (Fsp3) is 0.947. The maximum atomic E-state index is 11.8. The standard InChI is InChI=1S/C19H29BrO3/c1-17-7-6-15(21)23-16(17)14(20)10-11-12(17)4-8-18(2)13(11)5-9-19(18,3)22/h11-14,16,22H,4-10H2,1-3H3/t11-,12+,13+,14-,16+,17-,18+,19+/m1/s1. The molecule has 4 heteroatoms. The summed E-state index contributed by atoms with van der Waals surface area (Å²) < 4.78 is 5.80. The van der Waals surface area contributed by atoms with E-state index < -0.39 is 5.60 Å². The molecule has 130 valence electrons. The fourth-order valence-electron chi connectivity index (χ4n) is 6.79. The van der Waals surface area contributed by atoms with Crippen LogP contribution in [0.1, 0.15) is 65.7 Å². The Morgan fingerprint density at radius 1 is 1.13 bits per heavy atom. The second-order valence-electron chi connectivity index (χ2n) is 9.31. The summed E-state index contributed by atoms with van der Waals surface area (Å²) in [6.45, 7) is 6.72. The minimum Gasteiger partial charge on any atom is -0.461 e. The third kappa shape index (κ3) is 2.06. The Bertz CT molecular complexity index is 533. The smallest absolute Gasteiger partial charge is 0.306 e. The lowest BCUT2D eigenvalue weighted by Crippen LogP contribution is -2.61. The molecule has 1 aliphatic heterocycles. The summed E-state index contributed by atoms with van der Waals surface area (Å²) in [6.07, 6.45) is 6.97. The molecule has 4 rings (SSSR count). The molecular weight excluding hydrogens is 356 g/mol. The molecule has 0 spiro atoms. The number of carbonyl (C=O) groups excluding carboxylic acids is 1. The maximum absolute atomic E-state index is 11.8. The zero-order chi connectivity index (χ0) is 16.6. The topological polar surface area (TPSA) is 46.5 Å². The summed E-state index contributed by atoms with van der Waals surface area (Å²) in [5.41, 5.74) is -0.378. The minimum atomic E-state index is -0.527. The molecule has 0 unspecified atom stereocenters. The second-order valence-corrected chi connectivity index (χ2v) is 10.5. The number of rotatable bonds is 0. The predicted molar refractivity (Wildman–Crippen MR) is 92.2 cm³/mol. The molecule has 0 aromatic heterocycles. The minimum absolute atomic E-state index is 0.0243. The Morgan fingerprint density at radius 3 is 2.57 bits per heavy atom. The molecule has 1 saturated heterocycles. The van der Waals surface area contributed by atoms with Gasteiger partial charge in [0.2, 0.25) is 0 Å². The highest BCUT2D eigenvalue weighted by molar-refractivity contribution is 9.09. The van der Waals surface area contributed by atoms with E-state index in [1.54, 1.807) is 0 Å². The molecule has 8 atom stereocenters. The van der Waals surface area contributed by atoms with Crippen molar-refractivity contribution < 1.29 is 14.6 Å². The van der Waals surface area contributed by atoms with Crippen molar-refractivity contribution in [3.05, 3.63) is 0 Å². The van der Waals surface area contributed by atoms with Gasteiger partial charge in [0.25, 0.3) is 0 Å². The molecule has 23 heavy (non-hydrogen) atoms. The monoisotopic (exact) mass is 384 g/mol. The Labute approximate surface area is 147 Å². The van der Waals surface area contributed by atoms with Gasteiger partial charge in [0.05, 0.1) is 10.4 Å². The van der Waals surface area contributed by atoms with Gasteiger partial charge >= 0.3 is 5.97 Å². The third-order valence-corrected chi connectivity index (χ3v) is 9.30. The normalized spacial score (nSPS) is 58.8. The number of halogens is 1. The van der Waals surface area contributed by atoms with Crippen LogP contribution in [0.3, 0.4) is 0 Å². The zero-order valence-electron chi connectivity index (χ0n) is 14.5. The first kappa shape index (κ1) is 16.4. The second kappa shape index (κ2) is 4.97. The first-order valence-electron chi connectivity index (χ1n) is 9.25. The molecule has 4 fully saturated rings. The molecule has 1 heterocycles. The molecule has 0 aromatic rings. The first-order valence-corrected chi connectivity index (χ1v) is 10.2. The molecular formula is C19H29BrO3. The van der Waals surface area contributed by atoms with Gasteiger partial charge in [-0.2, -0.15) is 0 Å². The van der Waals surface area contributed by atoms with Gasteiger partial charge in [-0.3, -0.25) is 4.79 Å². The van der Waals surface area contributed by atoms with Gasteiger partial charge in [-0.1, -0.05) is 29.8 Å². The van der Waals surface area contributed by atoms with E-state index in [1.807, 2.05) is 0 Å². The largest absolute Gasteiger partial charge is 0.461 e. The number of alkyl halides is 1. The zero-order valence-corrected chi connectivity index (χ0v) is 16.1. The maximum Gasteiger partial charge on any atom is 0.306 e. The van der Waals surface area contributed by atoms with Crippen LogP contribution in [0.15, 0.2) is 0 Å².